The van der Waals surface area contributed by atoms with Gasteiger partial charge in [0.2, 0.25) is 11.8 Å². The minimum absolute atomic E-state index is 0.0167. The zero-order valence-corrected chi connectivity index (χ0v) is 12.6. The highest BCUT2D eigenvalue weighted by atomic mass is 16.2. The van der Waals surface area contributed by atoms with Crippen LogP contribution in [0.1, 0.15) is 59.3 Å². The monoisotopic (exact) mass is 268 g/mol. The van der Waals surface area contributed by atoms with Gasteiger partial charge in [0, 0.05) is 19.5 Å². The SMILES string of the molecule is CCCCN(CCCC)C(=O)[C@@H]1C[C@H](C)CC(=O)N1. The van der Waals surface area contributed by atoms with Crippen LogP contribution in [0.2, 0.25) is 0 Å². The lowest BCUT2D eigenvalue weighted by molar-refractivity contribution is -0.139. The predicted molar refractivity (Wildman–Crippen MR) is 76.7 cm³/mol. The molecule has 1 fully saturated rings. The average Bonchev–Trinajstić information content (AvgIpc) is 2.37. The molecule has 4 nitrogen and oxygen atoms in total. The largest absolute Gasteiger partial charge is 0.344 e. The minimum Gasteiger partial charge on any atom is -0.344 e. The number of rotatable bonds is 7. The first-order valence-electron chi connectivity index (χ1n) is 7.66. The Morgan fingerprint density at radius 2 is 1.84 bits per heavy atom. The summed E-state index contributed by atoms with van der Waals surface area (Å²) in [6.07, 6.45) is 5.57. The molecule has 1 N–H and O–H groups in total. The molecule has 110 valence electrons. The van der Waals surface area contributed by atoms with Gasteiger partial charge in [-0.2, -0.15) is 0 Å². The van der Waals surface area contributed by atoms with E-state index in [9.17, 15) is 9.59 Å². The number of carbonyl (C=O) groups excluding carboxylic acids is 2. The summed E-state index contributed by atoms with van der Waals surface area (Å²) in [6.45, 7) is 7.94. The van der Waals surface area contributed by atoms with Crippen LogP contribution in [0, 0.1) is 5.92 Å². The van der Waals surface area contributed by atoms with Crippen LogP contribution in [0.25, 0.3) is 0 Å². The molecule has 1 saturated heterocycles. The Balaban J connectivity index is 2.60. The molecule has 0 bridgehead atoms. The second kappa shape index (κ2) is 8.18. The number of amides is 2. The molecule has 1 aliphatic rings. The van der Waals surface area contributed by atoms with E-state index >= 15 is 0 Å². The second-order valence-electron chi connectivity index (χ2n) is 5.70. The van der Waals surface area contributed by atoms with Crippen molar-refractivity contribution >= 4 is 11.8 Å². The fourth-order valence-corrected chi connectivity index (χ4v) is 2.53. The molecule has 2 atom stereocenters. The standard InChI is InChI=1S/C15H28N2O2/c1-4-6-8-17(9-7-5-2)15(19)13-10-12(3)11-14(18)16-13/h12-13H,4-11H2,1-3H3,(H,16,18)/t12-,13-/m0/s1. The van der Waals surface area contributed by atoms with Crippen LogP contribution in [0.5, 0.6) is 0 Å². The summed E-state index contributed by atoms with van der Waals surface area (Å²) in [7, 11) is 0. The van der Waals surface area contributed by atoms with Gasteiger partial charge in [0.15, 0.2) is 0 Å². The van der Waals surface area contributed by atoms with Crippen molar-refractivity contribution in [3.63, 3.8) is 0 Å². The lowest BCUT2D eigenvalue weighted by atomic mass is 9.93. The number of carbonyl (C=O) groups is 2. The maximum Gasteiger partial charge on any atom is 0.245 e. The van der Waals surface area contributed by atoms with Crippen molar-refractivity contribution in [1.82, 2.24) is 10.2 Å². The van der Waals surface area contributed by atoms with Gasteiger partial charge in [0.1, 0.15) is 6.04 Å². The quantitative estimate of drug-likeness (QED) is 0.770. The Bertz CT molecular complexity index is 297. The van der Waals surface area contributed by atoms with E-state index < -0.39 is 0 Å². The number of hydrogen-bond donors (Lipinski definition) is 1. The Labute approximate surface area is 116 Å². The third-order valence-corrected chi connectivity index (χ3v) is 3.68. The van der Waals surface area contributed by atoms with E-state index in [1.165, 1.54) is 0 Å². The number of nitrogens with one attached hydrogen (secondary N) is 1. The van der Waals surface area contributed by atoms with E-state index in [4.69, 9.17) is 0 Å². The van der Waals surface area contributed by atoms with Gasteiger partial charge in [-0.05, 0) is 25.2 Å². The van der Waals surface area contributed by atoms with Crippen molar-refractivity contribution < 1.29 is 9.59 Å². The molecule has 0 aromatic heterocycles. The van der Waals surface area contributed by atoms with Crippen LogP contribution in [0.4, 0.5) is 0 Å². The summed E-state index contributed by atoms with van der Waals surface area (Å²) in [5, 5.41) is 2.85. The molecule has 1 aliphatic heterocycles. The molecule has 19 heavy (non-hydrogen) atoms. The highest BCUT2D eigenvalue weighted by Crippen LogP contribution is 2.18. The summed E-state index contributed by atoms with van der Waals surface area (Å²) in [4.78, 5) is 26.0. The maximum absolute atomic E-state index is 12.5. The molecule has 4 heteroatoms. The van der Waals surface area contributed by atoms with E-state index in [0.29, 0.717) is 12.3 Å². The number of nitrogens with zero attached hydrogens (tertiary/aromatic N) is 1. The fourth-order valence-electron chi connectivity index (χ4n) is 2.53. The summed E-state index contributed by atoms with van der Waals surface area (Å²) in [5.41, 5.74) is 0. The Hall–Kier alpha value is -1.06. The van der Waals surface area contributed by atoms with Crippen molar-refractivity contribution in [3.05, 3.63) is 0 Å². The van der Waals surface area contributed by atoms with E-state index in [0.717, 1.165) is 45.2 Å². The molecule has 0 spiro atoms. The molecule has 0 aromatic rings. The molecule has 0 saturated carbocycles. The predicted octanol–water partition coefficient (Wildman–Crippen LogP) is 2.33. The molecule has 1 heterocycles. The zero-order chi connectivity index (χ0) is 14.3. The zero-order valence-electron chi connectivity index (χ0n) is 12.6. The van der Waals surface area contributed by atoms with Crippen LogP contribution in [0.15, 0.2) is 0 Å². The number of piperidine rings is 1. The van der Waals surface area contributed by atoms with Gasteiger partial charge in [-0.25, -0.2) is 0 Å². The Morgan fingerprint density at radius 1 is 1.26 bits per heavy atom. The molecule has 0 aliphatic carbocycles. The number of hydrogen-bond acceptors (Lipinski definition) is 2. The smallest absolute Gasteiger partial charge is 0.245 e. The van der Waals surface area contributed by atoms with E-state index in [1.807, 2.05) is 11.8 Å². The van der Waals surface area contributed by atoms with Crippen LogP contribution in [-0.2, 0) is 9.59 Å². The number of unbranched alkanes of at least 4 members (excludes halogenated alkanes) is 2. The molecule has 0 aromatic carbocycles. The third-order valence-electron chi connectivity index (χ3n) is 3.68. The van der Waals surface area contributed by atoms with Crippen LogP contribution in [0.3, 0.4) is 0 Å². The van der Waals surface area contributed by atoms with Crippen molar-refractivity contribution in [3.8, 4) is 0 Å². The lowest BCUT2D eigenvalue weighted by Crippen LogP contribution is -2.52. The van der Waals surface area contributed by atoms with Gasteiger partial charge in [0.25, 0.3) is 0 Å². The average molecular weight is 268 g/mol. The normalized spacial score (nSPS) is 23.0. The molecule has 1 rings (SSSR count). The van der Waals surface area contributed by atoms with E-state index in [-0.39, 0.29) is 17.9 Å². The Kier molecular flexibility index (Phi) is 6.89. The van der Waals surface area contributed by atoms with E-state index in [2.05, 4.69) is 19.2 Å². The summed E-state index contributed by atoms with van der Waals surface area (Å²) in [5.74, 6) is 0.437. The van der Waals surface area contributed by atoms with E-state index in [1.54, 1.807) is 0 Å². The molecule has 2 amide bonds. The summed E-state index contributed by atoms with van der Waals surface area (Å²) < 4.78 is 0. The van der Waals surface area contributed by atoms with Crippen LogP contribution in [-0.4, -0.2) is 35.8 Å². The van der Waals surface area contributed by atoms with Gasteiger partial charge >= 0.3 is 0 Å². The first kappa shape index (κ1) is 16.0. The van der Waals surface area contributed by atoms with Gasteiger partial charge in [-0.3, -0.25) is 9.59 Å². The second-order valence-corrected chi connectivity index (χ2v) is 5.70. The highest BCUT2D eigenvalue weighted by Gasteiger charge is 2.31. The topological polar surface area (TPSA) is 49.4 Å². The lowest BCUT2D eigenvalue weighted by Gasteiger charge is -2.32. The first-order valence-corrected chi connectivity index (χ1v) is 7.66. The molecular formula is C15H28N2O2. The van der Waals surface area contributed by atoms with Crippen LogP contribution < -0.4 is 5.32 Å². The highest BCUT2D eigenvalue weighted by molar-refractivity contribution is 5.88. The van der Waals surface area contributed by atoms with Gasteiger partial charge in [-0.1, -0.05) is 33.6 Å². The van der Waals surface area contributed by atoms with Crippen molar-refractivity contribution in [2.45, 2.75) is 65.3 Å². The van der Waals surface area contributed by atoms with Gasteiger partial charge in [-0.15, -0.1) is 0 Å². The van der Waals surface area contributed by atoms with Crippen LogP contribution >= 0.6 is 0 Å². The first-order chi connectivity index (χ1) is 9.08. The summed E-state index contributed by atoms with van der Waals surface area (Å²) in [6, 6.07) is -0.301. The molecule has 0 radical (unpaired) electrons. The molecule has 0 unspecified atom stereocenters. The van der Waals surface area contributed by atoms with Crippen molar-refractivity contribution in [2.75, 3.05) is 13.1 Å². The summed E-state index contributed by atoms with van der Waals surface area (Å²) >= 11 is 0. The van der Waals surface area contributed by atoms with Crippen molar-refractivity contribution in [1.29, 1.82) is 0 Å². The van der Waals surface area contributed by atoms with Gasteiger partial charge < -0.3 is 10.2 Å². The minimum atomic E-state index is -0.301. The maximum atomic E-state index is 12.5. The van der Waals surface area contributed by atoms with Crippen molar-refractivity contribution in [2.24, 2.45) is 5.92 Å². The third kappa shape index (κ3) is 5.21. The fraction of sp³-hybridized carbons (Fsp3) is 0.867. The molecular weight excluding hydrogens is 240 g/mol. The van der Waals surface area contributed by atoms with Gasteiger partial charge in [0.05, 0.1) is 0 Å². The Morgan fingerprint density at radius 3 is 2.32 bits per heavy atom.